The van der Waals surface area contributed by atoms with Gasteiger partial charge in [-0.25, -0.2) is 0 Å². The summed E-state index contributed by atoms with van der Waals surface area (Å²) in [5, 5.41) is 3.54. The van der Waals surface area contributed by atoms with Gasteiger partial charge in [0.2, 0.25) is 0 Å². The van der Waals surface area contributed by atoms with Gasteiger partial charge in [-0.3, -0.25) is 0 Å². The summed E-state index contributed by atoms with van der Waals surface area (Å²) in [5.41, 5.74) is 2.36. The summed E-state index contributed by atoms with van der Waals surface area (Å²) >= 11 is 0. The van der Waals surface area contributed by atoms with Gasteiger partial charge in [-0.15, -0.1) is 0 Å². The molecule has 0 atom stereocenters. The van der Waals surface area contributed by atoms with Gasteiger partial charge in [0.1, 0.15) is 5.75 Å². The lowest BCUT2D eigenvalue weighted by Crippen LogP contribution is -2.11. The van der Waals surface area contributed by atoms with Crippen molar-refractivity contribution in [2.24, 2.45) is 0 Å². The number of hydrogen-bond donors (Lipinski definition) is 1. The SMILES string of the molecule is CCCC[C](Nc1ccccc1)c1ccc(OC)cc1. The Morgan fingerprint density at radius 1 is 1.00 bits per heavy atom. The smallest absolute Gasteiger partial charge is 0.118 e. The first-order chi connectivity index (χ1) is 9.83. The fourth-order valence-electron chi connectivity index (χ4n) is 2.12. The van der Waals surface area contributed by atoms with Gasteiger partial charge in [-0.1, -0.05) is 50.1 Å². The third kappa shape index (κ3) is 4.02. The molecule has 0 fully saturated rings. The molecule has 20 heavy (non-hydrogen) atoms. The lowest BCUT2D eigenvalue weighted by molar-refractivity contribution is 0.414. The Morgan fingerprint density at radius 3 is 2.30 bits per heavy atom. The first-order valence-corrected chi connectivity index (χ1v) is 7.16. The highest BCUT2D eigenvalue weighted by atomic mass is 16.5. The summed E-state index contributed by atoms with van der Waals surface area (Å²) in [5.74, 6) is 0.892. The van der Waals surface area contributed by atoms with Crippen LogP contribution in [0.5, 0.6) is 5.75 Å². The van der Waals surface area contributed by atoms with Crippen molar-refractivity contribution in [3.63, 3.8) is 0 Å². The number of nitrogens with one attached hydrogen (secondary N) is 1. The number of hydrogen-bond acceptors (Lipinski definition) is 2. The van der Waals surface area contributed by atoms with Crippen LogP contribution in [0.25, 0.3) is 0 Å². The van der Waals surface area contributed by atoms with E-state index >= 15 is 0 Å². The first kappa shape index (κ1) is 14.4. The van der Waals surface area contributed by atoms with Gasteiger partial charge in [0.25, 0.3) is 0 Å². The summed E-state index contributed by atoms with van der Waals surface area (Å²) in [7, 11) is 1.69. The molecule has 1 N–H and O–H groups in total. The molecule has 0 unspecified atom stereocenters. The van der Waals surface area contributed by atoms with Gasteiger partial charge in [0, 0.05) is 5.69 Å². The van der Waals surface area contributed by atoms with E-state index in [-0.39, 0.29) is 0 Å². The van der Waals surface area contributed by atoms with Crippen LogP contribution in [0.3, 0.4) is 0 Å². The number of anilines is 1. The van der Waals surface area contributed by atoms with Crippen molar-refractivity contribution in [3.05, 3.63) is 66.2 Å². The van der Waals surface area contributed by atoms with E-state index in [0.717, 1.165) is 17.9 Å². The van der Waals surface area contributed by atoms with Crippen LogP contribution in [-0.4, -0.2) is 7.11 Å². The van der Waals surface area contributed by atoms with E-state index in [4.69, 9.17) is 4.74 Å². The van der Waals surface area contributed by atoms with Crippen LogP contribution in [0.2, 0.25) is 0 Å². The fraction of sp³-hybridized carbons (Fsp3) is 0.278. The molecule has 0 amide bonds. The molecule has 2 heteroatoms. The Bertz CT molecular complexity index is 493. The zero-order chi connectivity index (χ0) is 14.2. The largest absolute Gasteiger partial charge is 0.497 e. The predicted octanol–water partition coefficient (Wildman–Crippen LogP) is 4.88. The van der Waals surface area contributed by atoms with Crippen LogP contribution in [0.4, 0.5) is 5.69 Å². The van der Waals surface area contributed by atoms with Gasteiger partial charge < -0.3 is 10.1 Å². The number of benzene rings is 2. The van der Waals surface area contributed by atoms with E-state index in [1.165, 1.54) is 24.4 Å². The van der Waals surface area contributed by atoms with E-state index < -0.39 is 0 Å². The summed E-state index contributed by atoms with van der Waals surface area (Å²) in [6, 6.07) is 19.8. The lowest BCUT2D eigenvalue weighted by Gasteiger charge is -2.19. The van der Waals surface area contributed by atoms with Crippen molar-refractivity contribution < 1.29 is 4.74 Å². The molecule has 0 saturated heterocycles. The maximum atomic E-state index is 5.22. The molecular weight excluding hydrogens is 246 g/mol. The summed E-state index contributed by atoms with van der Waals surface area (Å²) < 4.78 is 5.22. The number of rotatable bonds is 7. The quantitative estimate of drug-likeness (QED) is 0.773. The van der Waals surface area contributed by atoms with Gasteiger partial charge >= 0.3 is 0 Å². The molecular formula is C18H22NO. The number of para-hydroxylation sites is 1. The van der Waals surface area contributed by atoms with Crippen molar-refractivity contribution in [3.8, 4) is 5.75 Å². The molecule has 2 aromatic rings. The van der Waals surface area contributed by atoms with Crippen LogP contribution in [0, 0.1) is 6.04 Å². The second kappa shape index (κ2) is 7.59. The molecule has 1 radical (unpaired) electrons. The van der Waals surface area contributed by atoms with Crippen LogP contribution in [-0.2, 0) is 0 Å². The van der Waals surface area contributed by atoms with E-state index in [2.05, 4.69) is 36.5 Å². The first-order valence-electron chi connectivity index (χ1n) is 7.16. The summed E-state index contributed by atoms with van der Waals surface area (Å²) in [4.78, 5) is 0. The maximum absolute atomic E-state index is 5.22. The van der Waals surface area contributed by atoms with Crippen LogP contribution >= 0.6 is 0 Å². The Balaban J connectivity index is 2.13. The van der Waals surface area contributed by atoms with Gasteiger partial charge in [0.15, 0.2) is 0 Å². The summed E-state index contributed by atoms with van der Waals surface area (Å²) in [6.45, 7) is 2.22. The molecule has 0 heterocycles. The average Bonchev–Trinajstić information content (AvgIpc) is 2.52. The third-order valence-electron chi connectivity index (χ3n) is 3.29. The minimum atomic E-state index is 0.892. The van der Waals surface area contributed by atoms with Crippen molar-refractivity contribution in [2.45, 2.75) is 26.2 Å². The molecule has 0 spiro atoms. The molecule has 105 valence electrons. The average molecular weight is 268 g/mol. The highest BCUT2D eigenvalue weighted by molar-refractivity contribution is 5.51. The molecule has 2 nitrogen and oxygen atoms in total. The van der Waals surface area contributed by atoms with Crippen molar-refractivity contribution in [1.82, 2.24) is 0 Å². The molecule has 2 aromatic carbocycles. The van der Waals surface area contributed by atoms with Gasteiger partial charge in [-0.05, 0) is 36.2 Å². The fourth-order valence-corrected chi connectivity index (χ4v) is 2.12. The van der Waals surface area contributed by atoms with E-state index in [9.17, 15) is 0 Å². The number of methoxy groups -OCH3 is 1. The zero-order valence-corrected chi connectivity index (χ0v) is 12.2. The highest BCUT2D eigenvalue weighted by Gasteiger charge is 2.12. The second-order valence-electron chi connectivity index (χ2n) is 4.80. The Kier molecular flexibility index (Phi) is 5.48. The van der Waals surface area contributed by atoms with Crippen molar-refractivity contribution in [1.29, 1.82) is 0 Å². The van der Waals surface area contributed by atoms with Gasteiger partial charge in [-0.2, -0.15) is 0 Å². The molecule has 0 bridgehead atoms. The van der Waals surface area contributed by atoms with E-state index in [1.807, 2.05) is 30.3 Å². The molecule has 0 aliphatic rings. The Morgan fingerprint density at radius 2 is 1.70 bits per heavy atom. The monoisotopic (exact) mass is 268 g/mol. The minimum absolute atomic E-state index is 0.892. The second-order valence-corrected chi connectivity index (χ2v) is 4.80. The lowest BCUT2D eigenvalue weighted by atomic mass is 10.0. The maximum Gasteiger partial charge on any atom is 0.118 e. The number of unbranched alkanes of at least 4 members (excludes halogenated alkanes) is 1. The Labute approximate surface area is 121 Å². The standard InChI is InChI=1S/C18H22NO/c1-3-4-10-18(19-16-8-6-5-7-9-16)15-11-13-17(20-2)14-12-15/h5-9,11-14,19H,3-4,10H2,1-2H3. The molecule has 0 aliphatic heterocycles. The number of ether oxygens (including phenoxy) is 1. The van der Waals surface area contributed by atoms with Crippen molar-refractivity contribution >= 4 is 5.69 Å². The third-order valence-corrected chi connectivity index (χ3v) is 3.29. The molecule has 2 rings (SSSR count). The van der Waals surface area contributed by atoms with Crippen LogP contribution < -0.4 is 10.1 Å². The normalized spacial score (nSPS) is 10.6. The van der Waals surface area contributed by atoms with E-state index in [1.54, 1.807) is 7.11 Å². The van der Waals surface area contributed by atoms with Crippen molar-refractivity contribution in [2.75, 3.05) is 12.4 Å². The molecule has 0 aromatic heterocycles. The van der Waals surface area contributed by atoms with Crippen LogP contribution in [0.1, 0.15) is 31.7 Å². The van der Waals surface area contributed by atoms with Gasteiger partial charge in [0.05, 0.1) is 13.2 Å². The topological polar surface area (TPSA) is 21.3 Å². The van der Waals surface area contributed by atoms with Crippen LogP contribution in [0.15, 0.2) is 54.6 Å². The molecule has 0 aliphatic carbocycles. The predicted molar refractivity (Wildman–Crippen MR) is 84.9 cm³/mol. The van der Waals surface area contributed by atoms with E-state index in [0.29, 0.717) is 0 Å². The Hall–Kier alpha value is -1.96. The zero-order valence-electron chi connectivity index (χ0n) is 12.2. The molecule has 0 saturated carbocycles. The minimum Gasteiger partial charge on any atom is -0.497 e. The highest BCUT2D eigenvalue weighted by Crippen LogP contribution is 2.25. The summed E-state index contributed by atoms with van der Waals surface area (Å²) in [6.07, 6.45) is 3.43.